The first-order chi connectivity index (χ1) is 36.1. The summed E-state index contributed by atoms with van der Waals surface area (Å²) < 4.78 is 140. The third-order valence-electron chi connectivity index (χ3n) is 11.6. The highest BCUT2D eigenvalue weighted by atomic mass is 32.2. The third-order valence-corrected chi connectivity index (χ3v) is 14.0. The van der Waals surface area contributed by atoms with Crippen molar-refractivity contribution in [3.8, 4) is 11.5 Å². The van der Waals surface area contributed by atoms with Crippen molar-refractivity contribution in [2.75, 3.05) is 80.0 Å². The number of ether oxygens (including phenoxy) is 6. The van der Waals surface area contributed by atoms with Crippen LogP contribution >= 0.6 is 0 Å². The number of fused-ring (bicyclic) bond motifs is 2. The number of carbonyl (C=O) groups excluding carboxylic acids is 3. The van der Waals surface area contributed by atoms with Gasteiger partial charge in [-0.3, -0.25) is 18.4 Å². The second kappa shape index (κ2) is 26.4. The molecule has 0 radical (unpaired) electrons. The predicted octanol–water partition coefficient (Wildman–Crippen LogP) is 8.37. The van der Waals surface area contributed by atoms with E-state index in [-0.39, 0.29) is 108 Å². The molecule has 412 valence electrons. The molecule has 2 atom stereocenters. The standard InChI is InChI=1S/C49H56F6N8O11S2/c1-31-11-7-13-37-41(31)58-43(75(67)27-35-33(3)39(15-17-56-35)73-29-48(50,51)52)62(37)45(64)60(19-9-23-69-5)21-25-71-47(66)72-26-22-61(20-10-24-70-6)46(65)63-38-14-8-12-32(2)42(38)59-44(63)76(68)28-36-34(4)40(16-18-57-36)74-30-49(53,54)55/h7-8,11-18H,9-10,19-30H2,1-6H3. The van der Waals surface area contributed by atoms with Gasteiger partial charge in [0.05, 0.1) is 79.6 Å². The Balaban J connectivity index is 1.16. The second-order valence-corrected chi connectivity index (χ2v) is 19.8. The van der Waals surface area contributed by atoms with Gasteiger partial charge in [0, 0.05) is 64.0 Å². The minimum absolute atomic E-state index is 0.0779. The van der Waals surface area contributed by atoms with E-state index in [1.165, 1.54) is 71.5 Å². The number of halogens is 6. The maximum absolute atomic E-state index is 14.6. The van der Waals surface area contributed by atoms with Crippen LogP contribution in [0.2, 0.25) is 0 Å². The minimum atomic E-state index is -4.60. The van der Waals surface area contributed by atoms with E-state index in [9.17, 15) is 49.1 Å². The normalized spacial score (nSPS) is 12.7. The molecule has 6 rings (SSSR count). The van der Waals surface area contributed by atoms with Crippen molar-refractivity contribution < 1.29 is 77.6 Å². The van der Waals surface area contributed by atoms with Gasteiger partial charge < -0.3 is 38.2 Å². The Bertz CT molecular complexity index is 2860. The fraction of sp³-hybridized carbons (Fsp3) is 0.449. The van der Waals surface area contributed by atoms with Crippen molar-refractivity contribution in [3.05, 3.63) is 94.6 Å². The maximum Gasteiger partial charge on any atom is 0.508 e. The molecule has 0 saturated heterocycles. The molecule has 4 heterocycles. The molecule has 76 heavy (non-hydrogen) atoms. The van der Waals surface area contributed by atoms with Crippen molar-refractivity contribution in [3.63, 3.8) is 0 Å². The first-order valence-corrected chi connectivity index (χ1v) is 26.1. The average Bonchev–Trinajstić information content (AvgIpc) is 4.00. The quantitative estimate of drug-likeness (QED) is 0.0317. The molecule has 0 fully saturated rings. The Hall–Kier alpha value is -6.71. The lowest BCUT2D eigenvalue weighted by Gasteiger charge is -2.24. The number of aromatic nitrogens is 6. The average molecular weight is 1110 g/mol. The van der Waals surface area contributed by atoms with Gasteiger partial charge in [0.2, 0.25) is 10.3 Å². The van der Waals surface area contributed by atoms with Crippen molar-refractivity contribution >= 4 is 61.9 Å². The van der Waals surface area contributed by atoms with Crippen LogP contribution in [0.4, 0.5) is 40.7 Å². The van der Waals surface area contributed by atoms with Gasteiger partial charge in [0.15, 0.2) is 13.2 Å². The van der Waals surface area contributed by atoms with Crippen LogP contribution in [0, 0.1) is 27.7 Å². The van der Waals surface area contributed by atoms with Crippen LogP contribution in [-0.2, 0) is 52.1 Å². The van der Waals surface area contributed by atoms with E-state index >= 15 is 0 Å². The molecule has 0 spiro atoms. The van der Waals surface area contributed by atoms with Crippen LogP contribution in [0.1, 0.15) is 46.5 Å². The molecule has 2 unspecified atom stereocenters. The molecule has 2 amide bonds. The number of amides is 2. The zero-order valence-corrected chi connectivity index (χ0v) is 44.0. The van der Waals surface area contributed by atoms with E-state index in [1.807, 2.05) is 0 Å². The Kier molecular flexibility index (Phi) is 20.3. The zero-order chi connectivity index (χ0) is 55.3. The molecule has 0 saturated carbocycles. The van der Waals surface area contributed by atoms with Crippen molar-refractivity contribution in [1.29, 1.82) is 0 Å². The topological polar surface area (TPSA) is 209 Å². The Morgan fingerprint density at radius 2 is 0.974 bits per heavy atom. The molecule has 2 aromatic carbocycles. The molecule has 0 aliphatic heterocycles. The molecule has 0 bridgehead atoms. The van der Waals surface area contributed by atoms with Crippen LogP contribution in [0.25, 0.3) is 22.1 Å². The van der Waals surface area contributed by atoms with Gasteiger partial charge in [-0.05, 0) is 75.9 Å². The van der Waals surface area contributed by atoms with E-state index in [1.54, 1.807) is 50.2 Å². The molecular weight excluding hydrogens is 1050 g/mol. The Labute approximate surface area is 437 Å². The van der Waals surface area contributed by atoms with Crippen LogP contribution in [-0.4, -0.2) is 158 Å². The van der Waals surface area contributed by atoms with Crippen LogP contribution in [0.5, 0.6) is 11.5 Å². The van der Waals surface area contributed by atoms with Gasteiger partial charge in [0.1, 0.15) is 24.7 Å². The number of rotatable bonds is 24. The number of benzene rings is 2. The summed E-state index contributed by atoms with van der Waals surface area (Å²) in [5.41, 5.74) is 3.44. The van der Waals surface area contributed by atoms with Gasteiger partial charge in [-0.1, -0.05) is 24.3 Å². The summed E-state index contributed by atoms with van der Waals surface area (Å²) in [5.74, 6) is -0.873. The van der Waals surface area contributed by atoms with Gasteiger partial charge in [-0.15, -0.1) is 0 Å². The summed E-state index contributed by atoms with van der Waals surface area (Å²) in [6.07, 6.45) is -7.21. The van der Waals surface area contributed by atoms with E-state index < -0.39 is 65.4 Å². The SMILES string of the molecule is COCCCN(CCOC(=O)OCCN(CCCOC)C(=O)n1c(S(=O)Cc2nccc(OCC(F)(F)F)c2C)nc2c(C)cccc21)C(=O)n1c(S(=O)Cc2nccc(OCC(F)(F)F)c2C)nc2c(C)cccc21. The molecular formula is C49H56F6N8O11S2. The first kappa shape index (κ1) is 58.5. The molecule has 6 aromatic rings. The number of aryl methyl sites for hydroxylation is 2. The number of hydrogen-bond acceptors (Lipinski definition) is 15. The lowest BCUT2D eigenvalue weighted by Crippen LogP contribution is -2.40. The number of nitrogens with zero attached hydrogens (tertiary/aromatic N) is 8. The fourth-order valence-corrected chi connectivity index (χ4v) is 10.2. The molecule has 4 aromatic heterocycles. The summed E-state index contributed by atoms with van der Waals surface area (Å²) in [6, 6.07) is 11.3. The largest absolute Gasteiger partial charge is 0.508 e. The molecule has 27 heteroatoms. The van der Waals surface area contributed by atoms with E-state index in [4.69, 9.17) is 28.4 Å². The number of para-hydroxylation sites is 2. The van der Waals surface area contributed by atoms with Crippen LogP contribution in [0.3, 0.4) is 0 Å². The van der Waals surface area contributed by atoms with Gasteiger partial charge >= 0.3 is 30.6 Å². The van der Waals surface area contributed by atoms with E-state index in [0.29, 0.717) is 46.0 Å². The number of imidazole rings is 2. The summed E-state index contributed by atoms with van der Waals surface area (Å²) >= 11 is 0. The molecule has 0 N–H and O–H groups in total. The highest BCUT2D eigenvalue weighted by Crippen LogP contribution is 2.30. The third kappa shape index (κ3) is 15.2. The van der Waals surface area contributed by atoms with Crippen molar-refractivity contribution in [2.45, 2.75) is 74.7 Å². The van der Waals surface area contributed by atoms with Crippen LogP contribution in [0.15, 0.2) is 71.2 Å². The predicted molar refractivity (Wildman–Crippen MR) is 265 cm³/mol. The number of alkyl halides is 6. The number of carbonyl (C=O) groups is 3. The van der Waals surface area contributed by atoms with Crippen molar-refractivity contribution in [2.24, 2.45) is 0 Å². The minimum Gasteiger partial charge on any atom is -0.484 e. The van der Waals surface area contributed by atoms with Crippen LogP contribution < -0.4 is 9.47 Å². The monoisotopic (exact) mass is 1110 g/mol. The Morgan fingerprint density at radius 3 is 1.34 bits per heavy atom. The van der Waals surface area contributed by atoms with Gasteiger partial charge in [-0.25, -0.2) is 33.5 Å². The van der Waals surface area contributed by atoms with E-state index in [2.05, 4.69) is 19.9 Å². The number of methoxy groups -OCH3 is 2. The summed E-state index contributed by atoms with van der Waals surface area (Å²) in [7, 11) is -1.22. The molecule has 0 aliphatic rings. The molecule has 19 nitrogen and oxygen atoms in total. The summed E-state index contributed by atoms with van der Waals surface area (Å²) in [4.78, 5) is 62.6. The first-order valence-electron chi connectivity index (χ1n) is 23.5. The second-order valence-electron chi connectivity index (χ2n) is 17.1. The zero-order valence-electron chi connectivity index (χ0n) is 42.3. The lowest BCUT2D eigenvalue weighted by atomic mass is 10.2. The molecule has 0 aliphatic carbocycles. The number of pyridine rings is 2. The van der Waals surface area contributed by atoms with Crippen molar-refractivity contribution in [1.82, 2.24) is 38.9 Å². The highest BCUT2D eigenvalue weighted by molar-refractivity contribution is 7.84. The summed E-state index contributed by atoms with van der Waals surface area (Å²) in [5, 5.41) is -0.322. The van der Waals surface area contributed by atoms with Gasteiger partial charge in [-0.2, -0.15) is 26.3 Å². The smallest absolute Gasteiger partial charge is 0.484 e. The van der Waals surface area contributed by atoms with E-state index in [0.717, 1.165) is 0 Å². The Morgan fingerprint density at radius 1 is 0.579 bits per heavy atom. The summed E-state index contributed by atoms with van der Waals surface area (Å²) in [6.45, 7) is 2.87. The maximum atomic E-state index is 14.6. The lowest BCUT2D eigenvalue weighted by molar-refractivity contribution is -0.154. The fourth-order valence-electron chi connectivity index (χ4n) is 7.74. The number of hydrogen-bond donors (Lipinski definition) is 0. The highest BCUT2D eigenvalue weighted by Gasteiger charge is 2.32. The van der Waals surface area contributed by atoms with Gasteiger partial charge in [0.25, 0.3) is 0 Å².